The summed E-state index contributed by atoms with van der Waals surface area (Å²) in [4.78, 5) is 28.4. The van der Waals surface area contributed by atoms with E-state index >= 15 is 0 Å². The number of benzene rings is 3. The zero-order valence-electron chi connectivity index (χ0n) is 18.6. The molecule has 0 aliphatic rings. The zero-order valence-corrected chi connectivity index (χ0v) is 20.2. The highest BCUT2D eigenvalue weighted by Gasteiger charge is 2.30. The minimum atomic E-state index is -0.675. The van der Waals surface area contributed by atoms with E-state index in [1.807, 2.05) is 61.5 Å². The first-order chi connectivity index (χ1) is 16.0. The van der Waals surface area contributed by atoms with Gasteiger partial charge < -0.3 is 10.2 Å². The number of hydrogen-bond acceptors (Lipinski definition) is 2. The summed E-state index contributed by atoms with van der Waals surface area (Å²) in [6.45, 7) is 2.82. The van der Waals surface area contributed by atoms with Crippen LogP contribution < -0.4 is 5.32 Å². The Hall–Kier alpha value is -2.99. The molecule has 1 N–H and O–H groups in total. The van der Waals surface area contributed by atoms with E-state index in [9.17, 15) is 14.0 Å². The monoisotopic (exact) mass is 510 g/mol. The van der Waals surface area contributed by atoms with Gasteiger partial charge in [-0.1, -0.05) is 77.5 Å². The topological polar surface area (TPSA) is 49.4 Å². The van der Waals surface area contributed by atoms with Crippen molar-refractivity contribution >= 4 is 27.7 Å². The Bertz CT molecular complexity index is 1060. The van der Waals surface area contributed by atoms with Crippen LogP contribution in [0.5, 0.6) is 0 Å². The lowest BCUT2D eigenvalue weighted by Gasteiger charge is -2.31. The molecule has 0 aliphatic heterocycles. The number of amides is 2. The number of hydrogen-bond donors (Lipinski definition) is 1. The molecular weight excluding hydrogens is 483 g/mol. The van der Waals surface area contributed by atoms with Crippen LogP contribution in [0.4, 0.5) is 4.39 Å². The van der Waals surface area contributed by atoms with Gasteiger partial charge in [0.15, 0.2) is 0 Å². The predicted octanol–water partition coefficient (Wildman–Crippen LogP) is 5.30. The van der Waals surface area contributed by atoms with Gasteiger partial charge >= 0.3 is 0 Å². The lowest BCUT2D eigenvalue weighted by atomic mass is 10.0. The van der Waals surface area contributed by atoms with Crippen molar-refractivity contribution in [3.05, 3.63) is 106 Å². The van der Waals surface area contributed by atoms with Gasteiger partial charge in [-0.3, -0.25) is 9.59 Å². The summed E-state index contributed by atoms with van der Waals surface area (Å²) >= 11 is 3.49. The van der Waals surface area contributed by atoms with E-state index in [0.29, 0.717) is 18.5 Å². The second-order valence-electron chi connectivity index (χ2n) is 7.95. The second-order valence-corrected chi connectivity index (χ2v) is 8.87. The molecule has 4 nitrogen and oxygen atoms in total. The highest BCUT2D eigenvalue weighted by Crippen LogP contribution is 2.19. The molecule has 0 radical (unpaired) electrons. The first-order valence-corrected chi connectivity index (χ1v) is 11.9. The van der Waals surface area contributed by atoms with Gasteiger partial charge in [0.25, 0.3) is 0 Å². The van der Waals surface area contributed by atoms with Crippen molar-refractivity contribution in [3.8, 4) is 0 Å². The third-order valence-corrected chi connectivity index (χ3v) is 5.82. The molecule has 0 spiro atoms. The molecule has 3 rings (SSSR count). The van der Waals surface area contributed by atoms with Crippen LogP contribution in [0.15, 0.2) is 83.3 Å². The molecule has 6 heteroatoms. The van der Waals surface area contributed by atoms with Gasteiger partial charge in [0.1, 0.15) is 11.9 Å². The molecule has 3 aromatic carbocycles. The summed E-state index contributed by atoms with van der Waals surface area (Å²) in [6, 6.07) is 22.6. The fourth-order valence-corrected chi connectivity index (χ4v) is 4.08. The summed E-state index contributed by atoms with van der Waals surface area (Å²) in [5, 5.41) is 2.96. The van der Waals surface area contributed by atoms with Crippen LogP contribution in [-0.4, -0.2) is 29.3 Å². The molecule has 172 valence electrons. The van der Waals surface area contributed by atoms with Gasteiger partial charge in [-0.2, -0.15) is 0 Å². The van der Waals surface area contributed by atoms with Crippen LogP contribution >= 0.6 is 15.9 Å². The molecule has 0 aromatic heterocycles. The smallest absolute Gasteiger partial charge is 0.243 e. The Morgan fingerprint density at radius 2 is 1.64 bits per heavy atom. The molecule has 1 unspecified atom stereocenters. The summed E-state index contributed by atoms with van der Waals surface area (Å²) in [6.07, 6.45) is 1.29. The maximum atomic E-state index is 13.5. The fourth-order valence-electron chi connectivity index (χ4n) is 3.63. The number of halogens is 2. The highest BCUT2D eigenvalue weighted by molar-refractivity contribution is 9.10. The summed E-state index contributed by atoms with van der Waals surface area (Å²) < 4.78 is 14.3. The van der Waals surface area contributed by atoms with E-state index in [1.165, 1.54) is 12.1 Å². The number of carbonyl (C=O) groups excluding carboxylic acids is 2. The molecule has 1 atom stereocenters. The third kappa shape index (κ3) is 7.53. The van der Waals surface area contributed by atoms with Crippen molar-refractivity contribution in [2.75, 3.05) is 6.54 Å². The SMILES string of the molecule is CCCNC(=O)C(Cc1ccccc1)N(Cc1cccc(Br)c1)C(=O)Cc1ccc(F)cc1. The Morgan fingerprint density at radius 3 is 2.30 bits per heavy atom. The van der Waals surface area contributed by atoms with Crippen molar-refractivity contribution in [2.24, 2.45) is 0 Å². The Labute approximate surface area is 202 Å². The maximum Gasteiger partial charge on any atom is 0.243 e. The van der Waals surface area contributed by atoms with Crippen LogP contribution in [0.1, 0.15) is 30.0 Å². The van der Waals surface area contributed by atoms with Crippen LogP contribution in [0.2, 0.25) is 0 Å². The van der Waals surface area contributed by atoms with E-state index in [1.54, 1.807) is 17.0 Å². The zero-order chi connectivity index (χ0) is 23.6. The van der Waals surface area contributed by atoms with Gasteiger partial charge in [-0.05, 0) is 47.4 Å². The molecule has 0 saturated carbocycles. The first kappa shape index (κ1) is 24.6. The molecule has 0 heterocycles. The number of carbonyl (C=O) groups is 2. The number of nitrogens with zero attached hydrogens (tertiary/aromatic N) is 1. The minimum Gasteiger partial charge on any atom is -0.354 e. The molecule has 2 amide bonds. The van der Waals surface area contributed by atoms with Crippen LogP contribution in [0, 0.1) is 5.82 Å². The van der Waals surface area contributed by atoms with Gasteiger partial charge in [0.05, 0.1) is 6.42 Å². The Kier molecular flexibility index (Phi) is 9.19. The number of rotatable bonds is 10. The van der Waals surface area contributed by atoms with Crippen LogP contribution in [0.25, 0.3) is 0 Å². The molecule has 0 aliphatic carbocycles. The van der Waals surface area contributed by atoms with Crippen molar-refractivity contribution < 1.29 is 14.0 Å². The normalized spacial score (nSPS) is 11.6. The summed E-state index contributed by atoms with van der Waals surface area (Å²) in [5.74, 6) is -0.713. The molecule has 3 aromatic rings. The average Bonchev–Trinajstić information content (AvgIpc) is 2.82. The van der Waals surface area contributed by atoms with Gasteiger partial charge in [0.2, 0.25) is 11.8 Å². The first-order valence-electron chi connectivity index (χ1n) is 11.1. The molecule has 0 fully saturated rings. The van der Waals surface area contributed by atoms with E-state index in [0.717, 1.165) is 22.0 Å². The maximum absolute atomic E-state index is 13.5. The average molecular weight is 511 g/mol. The Morgan fingerprint density at radius 1 is 0.939 bits per heavy atom. The molecule has 33 heavy (non-hydrogen) atoms. The lowest BCUT2D eigenvalue weighted by molar-refractivity contribution is -0.140. The summed E-state index contributed by atoms with van der Waals surface area (Å²) in [5.41, 5.74) is 2.59. The standard InChI is InChI=1S/C27H28BrFN2O2/c1-2-15-30-27(33)25(17-20-7-4-3-5-8-20)31(19-22-9-6-10-23(28)16-22)26(32)18-21-11-13-24(29)14-12-21/h3-14,16,25H,2,15,17-19H2,1H3,(H,30,33). The molecular formula is C27H28BrFN2O2. The van der Waals surface area contributed by atoms with Crippen molar-refractivity contribution in [1.82, 2.24) is 10.2 Å². The van der Waals surface area contributed by atoms with Crippen molar-refractivity contribution in [3.63, 3.8) is 0 Å². The highest BCUT2D eigenvalue weighted by atomic mass is 79.9. The van der Waals surface area contributed by atoms with E-state index in [-0.39, 0.29) is 30.6 Å². The van der Waals surface area contributed by atoms with E-state index < -0.39 is 6.04 Å². The largest absolute Gasteiger partial charge is 0.354 e. The summed E-state index contributed by atoms with van der Waals surface area (Å²) in [7, 11) is 0. The van der Waals surface area contributed by atoms with Crippen molar-refractivity contribution in [2.45, 2.75) is 38.8 Å². The fraction of sp³-hybridized carbons (Fsp3) is 0.259. The van der Waals surface area contributed by atoms with E-state index in [2.05, 4.69) is 21.2 Å². The lowest BCUT2D eigenvalue weighted by Crippen LogP contribution is -2.51. The van der Waals surface area contributed by atoms with E-state index in [4.69, 9.17) is 0 Å². The van der Waals surface area contributed by atoms with Gasteiger partial charge in [-0.15, -0.1) is 0 Å². The quantitative estimate of drug-likeness (QED) is 0.402. The second kappa shape index (κ2) is 12.3. The third-order valence-electron chi connectivity index (χ3n) is 5.33. The number of nitrogens with one attached hydrogen (secondary N) is 1. The Balaban J connectivity index is 1.94. The van der Waals surface area contributed by atoms with Crippen LogP contribution in [0.3, 0.4) is 0 Å². The van der Waals surface area contributed by atoms with Gasteiger partial charge in [0, 0.05) is 24.0 Å². The predicted molar refractivity (Wildman–Crippen MR) is 132 cm³/mol. The van der Waals surface area contributed by atoms with Crippen molar-refractivity contribution in [1.29, 1.82) is 0 Å². The van der Waals surface area contributed by atoms with Crippen LogP contribution in [-0.2, 0) is 29.0 Å². The minimum absolute atomic E-state index is 0.0840. The van der Waals surface area contributed by atoms with Gasteiger partial charge in [-0.25, -0.2) is 4.39 Å². The molecule has 0 saturated heterocycles. The molecule has 0 bridgehead atoms.